The molecule has 41 heavy (non-hydrogen) atoms. The van der Waals surface area contributed by atoms with Gasteiger partial charge in [-0.3, -0.25) is 9.38 Å². The normalized spacial score (nSPS) is 12.8. The molecule has 4 aromatic carbocycles. The molecule has 5 heterocycles. The molecule has 0 fully saturated rings. The van der Waals surface area contributed by atoms with Crippen molar-refractivity contribution in [3.63, 3.8) is 0 Å². The quantitative estimate of drug-likeness (QED) is 0.204. The maximum Gasteiger partial charge on any atom is 0.164 e. The van der Waals surface area contributed by atoms with E-state index in [1.54, 1.807) is 0 Å². The standard InChI is InChI=1S/C36H21N5/c1-2-7-22(8-3-1)40-31-11-5-4-9-24(31)34-27-17-21-18-28-26(19-25(21)23(27)12-13-33(34)40)29-20-37-16-14-32(29)41-35(28)39-30-10-6-15-38-36(30)41/h1-16,18-20H,17H2. The molecule has 1 aliphatic carbocycles. The topological polar surface area (TPSA) is 48.0 Å². The summed E-state index contributed by atoms with van der Waals surface area (Å²) in [6.07, 6.45) is 6.55. The molecule has 0 spiro atoms. The molecule has 190 valence electrons. The lowest BCUT2D eigenvalue weighted by Gasteiger charge is -2.11. The Morgan fingerprint density at radius 2 is 1.51 bits per heavy atom. The van der Waals surface area contributed by atoms with E-state index in [4.69, 9.17) is 9.97 Å². The number of fused-ring (bicyclic) bond motifs is 15. The second-order valence-corrected chi connectivity index (χ2v) is 10.9. The van der Waals surface area contributed by atoms with Gasteiger partial charge in [0, 0.05) is 45.8 Å². The van der Waals surface area contributed by atoms with Crippen LogP contribution in [0.15, 0.2) is 116 Å². The maximum absolute atomic E-state index is 5.07. The number of imidazole rings is 1. The fraction of sp³-hybridized carbons (Fsp3) is 0.0278. The van der Waals surface area contributed by atoms with Crippen LogP contribution in [0, 0.1) is 0 Å². The highest BCUT2D eigenvalue weighted by molar-refractivity contribution is 6.17. The lowest BCUT2D eigenvalue weighted by atomic mass is 9.98. The largest absolute Gasteiger partial charge is 0.309 e. The van der Waals surface area contributed by atoms with E-state index >= 15 is 0 Å². The molecular weight excluding hydrogens is 502 g/mol. The Hall–Kier alpha value is -5.55. The van der Waals surface area contributed by atoms with Crippen molar-refractivity contribution in [1.82, 2.24) is 23.9 Å². The van der Waals surface area contributed by atoms with E-state index in [2.05, 4.69) is 98.9 Å². The van der Waals surface area contributed by atoms with Crippen LogP contribution in [-0.2, 0) is 6.42 Å². The number of rotatable bonds is 1. The molecule has 0 bridgehead atoms. The minimum atomic E-state index is 0.875. The van der Waals surface area contributed by atoms with Crippen molar-refractivity contribution in [2.24, 2.45) is 0 Å². The molecule has 0 amide bonds. The zero-order chi connectivity index (χ0) is 26.7. The molecule has 9 aromatic rings. The van der Waals surface area contributed by atoms with Gasteiger partial charge in [-0.1, -0.05) is 42.5 Å². The van der Waals surface area contributed by atoms with Gasteiger partial charge in [0.25, 0.3) is 0 Å². The van der Waals surface area contributed by atoms with Crippen LogP contribution in [0.4, 0.5) is 0 Å². The summed E-state index contributed by atoms with van der Waals surface area (Å²) in [4.78, 5) is 14.3. The second-order valence-electron chi connectivity index (χ2n) is 10.9. The average molecular weight is 524 g/mol. The van der Waals surface area contributed by atoms with Gasteiger partial charge in [0.2, 0.25) is 0 Å². The monoisotopic (exact) mass is 523 g/mol. The van der Waals surface area contributed by atoms with E-state index in [9.17, 15) is 0 Å². The van der Waals surface area contributed by atoms with Crippen LogP contribution < -0.4 is 0 Å². The van der Waals surface area contributed by atoms with Crippen molar-refractivity contribution in [2.75, 3.05) is 0 Å². The zero-order valence-electron chi connectivity index (χ0n) is 21.9. The number of aromatic nitrogens is 5. The van der Waals surface area contributed by atoms with E-state index in [1.165, 1.54) is 55.1 Å². The summed E-state index contributed by atoms with van der Waals surface area (Å²) in [5.41, 5.74) is 12.8. The van der Waals surface area contributed by atoms with Crippen LogP contribution in [0.25, 0.3) is 77.1 Å². The van der Waals surface area contributed by atoms with Crippen LogP contribution in [-0.4, -0.2) is 23.9 Å². The third-order valence-electron chi connectivity index (χ3n) is 8.85. The Bertz CT molecular complexity index is 2550. The lowest BCUT2D eigenvalue weighted by Crippen LogP contribution is -1.94. The van der Waals surface area contributed by atoms with E-state index in [1.807, 2.05) is 30.7 Å². The van der Waals surface area contributed by atoms with Gasteiger partial charge in [-0.25, -0.2) is 9.97 Å². The third kappa shape index (κ3) is 2.68. The number of pyridine rings is 3. The molecule has 0 atom stereocenters. The minimum absolute atomic E-state index is 0.875. The molecule has 5 aromatic heterocycles. The van der Waals surface area contributed by atoms with E-state index in [-0.39, 0.29) is 0 Å². The fourth-order valence-electron chi connectivity index (χ4n) is 7.17. The van der Waals surface area contributed by atoms with Gasteiger partial charge in [0.15, 0.2) is 5.65 Å². The molecule has 0 unspecified atom stereocenters. The molecule has 0 saturated heterocycles. The fourth-order valence-corrected chi connectivity index (χ4v) is 7.17. The van der Waals surface area contributed by atoms with Gasteiger partial charge >= 0.3 is 0 Å². The Labute approximate surface area is 234 Å². The van der Waals surface area contributed by atoms with Crippen molar-refractivity contribution in [2.45, 2.75) is 6.42 Å². The average Bonchev–Trinajstić information content (AvgIpc) is 3.70. The van der Waals surface area contributed by atoms with Gasteiger partial charge in [0.1, 0.15) is 11.2 Å². The first-order chi connectivity index (χ1) is 20.3. The molecule has 0 aliphatic heterocycles. The highest BCUT2D eigenvalue weighted by Crippen LogP contribution is 2.46. The smallest absolute Gasteiger partial charge is 0.164 e. The first-order valence-corrected chi connectivity index (χ1v) is 13.9. The summed E-state index contributed by atoms with van der Waals surface area (Å²) >= 11 is 0. The van der Waals surface area contributed by atoms with Crippen molar-refractivity contribution in [3.05, 3.63) is 127 Å². The van der Waals surface area contributed by atoms with Crippen LogP contribution in [0.3, 0.4) is 0 Å². The SMILES string of the molecule is c1ccc(-n2c3ccccc3c3c4c(ccc32)-c2cc3c5cnccc5n5c6ncccc6nc5c3cc2C4)cc1. The van der Waals surface area contributed by atoms with E-state index < -0.39 is 0 Å². The molecule has 0 N–H and O–H groups in total. The summed E-state index contributed by atoms with van der Waals surface area (Å²) in [7, 11) is 0. The lowest BCUT2D eigenvalue weighted by molar-refractivity contribution is 1.18. The highest BCUT2D eigenvalue weighted by Gasteiger charge is 2.26. The summed E-state index contributed by atoms with van der Waals surface area (Å²) in [5.74, 6) is 0. The molecule has 0 saturated carbocycles. The van der Waals surface area contributed by atoms with Crippen molar-refractivity contribution in [3.8, 4) is 16.8 Å². The molecule has 0 radical (unpaired) electrons. The zero-order valence-corrected chi connectivity index (χ0v) is 21.9. The van der Waals surface area contributed by atoms with E-state index in [0.717, 1.165) is 39.5 Å². The van der Waals surface area contributed by atoms with Gasteiger partial charge in [-0.05, 0) is 88.7 Å². The van der Waals surface area contributed by atoms with Crippen LogP contribution in [0.5, 0.6) is 0 Å². The Balaban J connectivity index is 1.31. The van der Waals surface area contributed by atoms with E-state index in [0.29, 0.717) is 0 Å². The summed E-state index contributed by atoms with van der Waals surface area (Å²) < 4.78 is 4.59. The Morgan fingerprint density at radius 3 is 2.46 bits per heavy atom. The summed E-state index contributed by atoms with van der Waals surface area (Å²) in [6, 6.07) is 34.9. The number of benzene rings is 4. The third-order valence-corrected chi connectivity index (χ3v) is 8.85. The first-order valence-electron chi connectivity index (χ1n) is 13.9. The van der Waals surface area contributed by atoms with Crippen molar-refractivity contribution < 1.29 is 0 Å². The van der Waals surface area contributed by atoms with Gasteiger partial charge in [0.05, 0.1) is 16.6 Å². The summed E-state index contributed by atoms with van der Waals surface area (Å²) in [5, 5.41) is 6.06. The Morgan fingerprint density at radius 1 is 0.610 bits per heavy atom. The van der Waals surface area contributed by atoms with Crippen LogP contribution >= 0.6 is 0 Å². The highest BCUT2D eigenvalue weighted by atomic mass is 15.1. The molecule has 5 heteroatoms. The molecular formula is C36H21N5. The second kappa shape index (κ2) is 7.55. The number of hydrogen-bond donors (Lipinski definition) is 0. The number of para-hydroxylation sites is 2. The van der Waals surface area contributed by atoms with Gasteiger partial charge < -0.3 is 4.57 Å². The van der Waals surface area contributed by atoms with Crippen molar-refractivity contribution in [1.29, 1.82) is 0 Å². The summed E-state index contributed by atoms with van der Waals surface area (Å²) in [6.45, 7) is 0. The molecule has 10 rings (SSSR count). The predicted octanol–water partition coefficient (Wildman–Crippen LogP) is 8.25. The predicted molar refractivity (Wildman–Crippen MR) is 166 cm³/mol. The van der Waals surface area contributed by atoms with Crippen LogP contribution in [0.1, 0.15) is 11.1 Å². The van der Waals surface area contributed by atoms with Gasteiger partial charge in [-0.15, -0.1) is 0 Å². The minimum Gasteiger partial charge on any atom is -0.309 e. The number of nitrogens with zero attached hydrogens (tertiary/aromatic N) is 5. The molecule has 5 nitrogen and oxygen atoms in total. The molecule has 1 aliphatic rings. The van der Waals surface area contributed by atoms with Crippen molar-refractivity contribution >= 4 is 60.3 Å². The van der Waals surface area contributed by atoms with Crippen LogP contribution in [0.2, 0.25) is 0 Å². The Kier molecular flexibility index (Phi) is 3.92. The first kappa shape index (κ1) is 21.3. The number of hydrogen-bond acceptors (Lipinski definition) is 3. The maximum atomic E-state index is 5.07. The van der Waals surface area contributed by atoms with Gasteiger partial charge in [-0.2, -0.15) is 0 Å².